The van der Waals surface area contributed by atoms with Crippen LogP contribution in [0.15, 0.2) is 11.4 Å². The molecule has 3 atom stereocenters. The van der Waals surface area contributed by atoms with Crippen LogP contribution in [0.1, 0.15) is 56.1 Å². The van der Waals surface area contributed by atoms with E-state index in [0.29, 0.717) is 12.5 Å². The Morgan fingerprint density at radius 2 is 2.39 bits per heavy atom. The van der Waals surface area contributed by atoms with Crippen molar-refractivity contribution in [2.75, 3.05) is 6.61 Å². The second-order valence-corrected chi connectivity index (χ2v) is 6.52. The predicted molar refractivity (Wildman–Crippen MR) is 76.0 cm³/mol. The summed E-state index contributed by atoms with van der Waals surface area (Å²) in [5.41, 5.74) is 0.826. The molecule has 102 valence electrons. The molecule has 0 saturated heterocycles. The van der Waals surface area contributed by atoms with Crippen molar-refractivity contribution >= 4 is 11.3 Å². The van der Waals surface area contributed by atoms with E-state index in [2.05, 4.69) is 25.3 Å². The summed E-state index contributed by atoms with van der Waals surface area (Å²) in [5, 5.41) is 12.9. The molecule has 1 heterocycles. The van der Waals surface area contributed by atoms with Crippen LogP contribution in [0.2, 0.25) is 0 Å². The van der Waals surface area contributed by atoms with Crippen molar-refractivity contribution in [2.45, 2.75) is 58.2 Å². The molecule has 0 aliphatic heterocycles. The first-order valence-corrected chi connectivity index (χ1v) is 7.83. The van der Waals surface area contributed by atoms with Gasteiger partial charge in [0.25, 0.3) is 0 Å². The summed E-state index contributed by atoms with van der Waals surface area (Å²) in [6.45, 7) is 7.03. The molecule has 1 N–H and O–H groups in total. The van der Waals surface area contributed by atoms with Gasteiger partial charge in [-0.05, 0) is 49.6 Å². The van der Waals surface area contributed by atoms with Gasteiger partial charge >= 0.3 is 0 Å². The summed E-state index contributed by atoms with van der Waals surface area (Å²) >= 11 is 1.65. The van der Waals surface area contributed by atoms with E-state index in [4.69, 9.17) is 4.74 Å². The molecule has 18 heavy (non-hydrogen) atoms. The van der Waals surface area contributed by atoms with Crippen LogP contribution in [0.3, 0.4) is 0 Å². The van der Waals surface area contributed by atoms with Gasteiger partial charge in [-0.2, -0.15) is 0 Å². The van der Waals surface area contributed by atoms with Crippen LogP contribution in [-0.4, -0.2) is 17.3 Å². The molecule has 1 aliphatic rings. The number of ether oxygens (including phenoxy) is 1. The predicted octanol–water partition coefficient (Wildman–Crippen LogP) is 4.08. The second kappa shape index (κ2) is 5.72. The zero-order chi connectivity index (χ0) is 13.2. The van der Waals surface area contributed by atoms with E-state index in [9.17, 15) is 5.11 Å². The Hall–Kier alpha value is -0.380. The average Bonchev–Trinajstić information content (AvgIpc) is 2.75. The largest absolute Gasteiger partial charge is 0.385 e. The molecule has 0 spiro atoms. The molecule has 1 aliphatic carbocycles. The van der Waals surface area contributed by atoms with Crippen LogP contribution in [0.25, 0.3) is 0 Å². The van der Waals surface area contributed by atoms with Crippen molar-refractivity contribution in [1.82, 2.24) is 0 Å². The number of aliphatic hydroxyl groups excluding tert-OH is 1. The van der Waals surface area contributed by atoms with Crippen LogP contribution in [0.5, 0.6) is 0 Å². The average molecular weight is 268 g/mol. The van der Waals surface area contributed by atoms with E-state index in [-0.39, 0.29) is 5.60 Å². The number of thiophene rings is 1. The standard InChI is InChI=1S/C15H24O2S/c1-4-17-15(8-5-6-11(2)10-15)14(16)13-12(3)7-9-18-13/h7,9,11,14,16H,4-6,8,10H2,1-3H3. The lowest BCUT2D eigenvalue weighted by atomic mass is 9.75. The summed E-state index contributed by atoms with van der Waals surface area (Å²) < 4.78 is 6.04. The van der Waals surface area contributed by atoms with Gasteiger partial charge in [-0.15, -0.1) is 11.3 Å². The van der Waals surface area contributed by atoms with Gasteiger partial charge in [0.05, 0.1) is 5.60 Å². The van der Waals surface area contributed by atoms with Crippen LogP contribution in [0.4, 0.5) is 0 Å². The minimum absolute atomic E-state index is 0.359. The first-order chi connectivity index (χ1) is 8.59. The minimum Gasteiger partial charge on any atom is -0.385 e. The van der Waals surface area contributed by atoms with Gasteiger partial charge in [-0.3, -0.25) is 0 Å². The van der Waals surface area contributed by atoms with Crippen LogP contribution in [-0.2, 0) is 4.74 Å². The van der Waals surface area contributed by atoms with E-state index in [1.807, 2.05) is 6.92 Å². The summed E-state index contributed by atoms with van der Waals surface area (Å²) in [7, 11) is 0. The lowest BCUT2D eigenvalue weighted by Crippen LogP contribution is -2.43. The Balaban J connectivity index is 2.26. The van der Waals surface area contributed by atoms with Gasteiger partial charge in [0, 0.05) is 11.5 Å². The molecule has 1 aromatic rings. The maximum absolute atomic E-state index is 10.8. The first kappa shape index (κ1) is 14.0. The molecule has 1 fully saturated rings. The van der Waals surface area contributed by atoms with Crippen LogP contribution in [0, 0.1) is 12.8 Å². The van der Waals surface area contributed by atoms with E-state index in [1.54, 1.807) is 11.3 Å². The van der Waals surface area contributed by atoms with Gasteiger partial charge < -0.3 is 9.84 Å². The lowest BCUT2D eigenvalue weighted by Gasteiger charge is -2.43. The number of rotatable bonds is 4. The van der Waals surface area contributed by atoms with Gasteiger partial charge in [0.15, 0.2) is 0 Å². The maximum Gasteiger partial charge on any atom is 0.117 e. The lowest BCUT2D eigenvalue weighted by molar-refractivity contribution is -0.149. The summed E-state index contributed by atoms with van der Waals surface area (Å²) in [4.78, 5) is 1.08. The Kier molecular flexibility index (Phi) is 4.46. The third-order valence-electron chi connectivity index (χ3n) is 4.07. The highest BCUT2D eigenvalue weighted by Crippen LogP contribution is 2.45. The van der Waals surface area contributed by atoms with Crippen molar-refractivity contribution < 1.29 is 9.84 Å². The second-order valence-electron chi connectivity index (χ2n) is 5.57. The Morgan fingerprint density at radius 3 is 2.94 bits per heavy atom. The number of hydrogen-bond acceptors (Lipinski definition) is 3. The van der Waals surface area contributed by atoms with Gasteiger partial charge in [-0.1, -0.05) is 19.8 Å². The minimum atomic E-state index is -0.472. The Morgan fingerprint density at radius 1 is 1.61 bits per heavy atom. The Bertz CT molecular complexity index is 384. The molecule has 1 aromatic heterocycles. The molecule has 0 amide bonds. The SMILES string of the molecule is CCOC1(C(O)c2sccc2C)CCCC(C)C1. The molecule has 3 heteroatoms. The van der Waals surface area contributed by atoms with Crippen molar-refractivity contribution in [3.8, 4) is 0 Å². The molecule has 0 aromatic carbocycles. The maximum atomic E-state index is 10.8. The van der Waals surface area contributed by atoms with Crippen LogP contribution >= 0.6 is 11.3 Å². The van der Waals surface area contributed by atoms with Crippen molar-refractivity contribution in [3.05, 3.63) is 21.9 Å². The molecule has 3 unspecified atom stereocenters. The molecular weight excluding hydrogens is 244 g/mol. The normalized spacial score (nSPS) is 30.3. The smallest absolute Gasteiger partial charge is 0.117 e. The van der Waals surface area contributed by atoms with Crippen molar-refractivity contribution in [1.29, 1.82) is 0 Å². The topological polar surface area (TPSA) is 29.5 Å². The number of hydrogen-bond donors (Lipinski definition) is 1. The zero-order valence-corrected chi connectivity index (χ0v) is 12.4. The molecule has 0 bridgehead atoms. The highest BCUT2D eigenvalue weighted by molar-refractivity contribution is 7.10. The highest BCUT2D eigenvalue weighted by atomic mass is 32.1. The van der Waals surface area contributed by atoms with Gasteiger partial charge in [0.1, 0.15) is 6.10 Å². The molecular formula is C15H24O2S. The fraction of sp³-hybridized carbons (Fsp3) is 0.733. The summed E-state index contributed by atoms with van der Waals surface area (Å²) in [5.74, 6) is 0.639. The third kappa shape index (κ3) is 2.63. The van der Waals surface area contributed by atoms with E-state index in [0.717, 1.165) is 24.1 Å². The monoisotopic (exact) mass is 268 g/mol. The first-order valence-electron chi connectivity index (χ1n) is 6.95. The molecule has 2 nitrogen and oxygen atoms in total. The van der Waals surface area contributed by atoms with Crippen LogP contribution < -0.4 is 0 Å². The quantitative estimate of drug-likeness (QED) is 0.891. The van der Waals surface area contributed by atoms with E-state index >= 15 is 0 Å². The fourth-order valence-electron chi connectivity index (χ4n) is 3.19. The summed E-state index contributed by atoms with van der Waals surface area (Å²) in [6, 6.07) is 2.08. The van der Waals surface area contributed by atoms with Crippen molar-refractivity contribution in [3.63, 3.8) is 0 Å². The number of aliphatic hydroxyl groups is 1. The zero-order valence-electron chi connectivity index (χ0n) is 11.6. The molecule has 2 rings (SSSR count). The van der Waals surface area contributed by atoms with E-state index in [1.165, 1.54) is 12.0 Å². The van der Waals surface area contributed by atoms with Crippen molar-refractivity contribution in [2.24, 2.45) is 5.92 Å². The third-order valence-corrected chi connectivity index (χ3v) is 5.14. The van der Waals surface area contributed by atoms with Gasteiger partial charge in [0.2, 0.25) is 0 Å². The fourth-order valence-corrected chi connectivity index (χ4v) is 4.21. The van der Waals surface area contributed by atoms with E-state index < -0.39 is 6.10 Å². The molecule has 0 radical (unpaired) electrons. The summed E-state index contributed by atoms with van der Waals surface area (Å²) in [6.07, 6.45) is 3.89. The number of aryl methyl sites for hydroxylation is 1. The molecule has 1 saturated carbocycles. The highest BCUT2D eigenvalue weighted by Gasteiger charge is 2.43. The Labute approximate surface area is 114 Å². The van der Waals surface area contributed by atoms with Gasteiger partial charge in [-0.25, -0.2) is 0 Å².